The zero-order valence-electron chi connectivity index (χ0n) is 18.5. The first-order valence-corrected chi connectivity index (χ1v) is 10.7. The Morgan fingerprint density at radius 3 is 2.11 bits per heavy atom. The van der Waals surface area contributed by atoms with Crippen LogP contribution in [0, 0.1) is 0 Å². The fraction of sp³-hybridized carbons (Fsp3) is 0.240. The number of carbonyl (C=O) groups is 2. The summed E-state index contributed by atoms with van der Waals surface area (Å²) in [4.78, 5) is 27.9. The molecule has 1 fully saturated rings. The molecule has 1 amide bonds. The van der Waals surface area contributed by atoms with Crippen LogP contribution >= 0.6 is 0 Å². The van der Waals surface area contributed by atoms with Crippen molar-refractivity contribution in [1.82, 2.24) is 9.88 Å². The van der Waals surface area contributed by atoms with Crippen molar-refractivity contribution in [2.45, 2.75) is 25.1 Å². The Labute approximate surface area is 199 Å². The molecule has 1 saturated heterocycles. The lowest BCUT2D eigenvalue weighted by atomic mass is 10.1. The van der Waals surface area contributed by atoms with Gasteiger partial charge in [-0.15, -0.1) is 0 Å². The first-order chi connectivity index (χ1) is 16.7. The summed E-state index contributed by atoms with van der Waals surface area (Å²) in [6, 6.07) is 20.7. The number of carbonyl (C=O) groups excluding carboxylic acids is 1. The number of hydrogen-bond donors (Lipinski definition) is 1. The number of aliphatic carboxylic acids is 1. The standard InChI is InChI=1S/C23H22N2O3.C2HF3O2/c26-23(21-10-4-5-11-22(21)28-18-7-2-1-3-8-18)25-15-12-19(13-16-25)27-20-9-6-14-24-17-20;3-2(4,5)1(6)7/h1-11,14,17,19H,12-13,15-16H2;(H,6,7). The van der Waals surface area contributed by atoms with Gasteiger partial charge in [0.1, 0.15) is 23.4 Å². The molecule has 7 nitrogen and oxygen atoms in total. The topological polar surface area (TPSA) is 89.0 Å². The Morgan fingerprint density at radius 2 is 1.51 bits per heavy atom. The Morgan fingerprint density at radius 1 is 0.914 bits per heavy atom. The molecule has 0 spiro atoms. The van der Waals surface area contributed by atoms with Gasteiger partial charge in [-0.05, 0) is 36.4 Å². The molecule has 0 radical (unpaired) electrons. The van der Waals surface area contributed by atoms with E-state index in [9.17, 15) is 18.0 Å². The van der Waals surface area contributed by atoms with E-state index in [1.165, 1.54) is 0 Å². The number of rotatable bonds is 5. The van der Waals surface area contributed by atoms with E-state index in [1.54, 1.807) is 12.4 Å². The van der Waals surface area contributed by atoms with Crippen molar-refractivity contribution in [2.24, 2.45) is 0 Å². The zero-order chi connectivity index (χ0) is 25.3. The third-order valence-corrected chi connectivity index (χ3v) is 5.00. The van der Waals surface area contributed by atoms with Gasteiger partial charge in [-0.2, -0.15) is 13.2 Å². The predicted octanol–water partition coefficient (Wildman–Crippen LogP) is 5.19. The maximum Gasteiger partial charge on any atom is 0.490 e. The van der Waals surface area contributed by atoms with Crippen molar-refractivity contribution < 1.29 is 37.3 Å². The molecule has 1 aromatic heterocycles. The minimum absolute atomic E-state index is 0.00800. The summed E-state index contributed by atoms with van der Waals surface area (Å²) in [6.45, 7) is 1.31. The minimum atomic E-state index is -5.08. The van der Waals surface area contributed by atoms with Crippen LogP contribution in [0.4, 0.5) is 13.2 Å². The SMILES string of the molecule is O=C(O)C(F)(F)F.O=C(c1ccccc1Oc1ccccc1)N1CCC(Oc2cccnc2)CC1. The number of carboxylic acids is 1. The van der Waals surface area contributed by atoms with Crippen LogP contribution in [0.2, 0.25) is 0 Å². The second kappa shape index (κ2) is 11.9. The van der Waals surface area contributed by atoms with Crippen LogP contribution in [-0.2, 0) is 4.79 Å². The highest BCUT2D eigenvalue weighted by Gasteiger charge is 2.38. The molecule has 0 atom stereocenters. The normalized spacial score (nSPS) is 13.9. The molecule has 0 bridgehead atoms. The van der Waals surface area contributed by atoms with Crippen LogP contribution in [0.15, 0.2) is 79.1 Å². The third kappa shape index (κ3) is 7.73. The molecular weight excluding hydrogens is 465 g/mol. The maximum atomic E-state index is 13.1. The van der Waals surface area contributed by atoms with Crippen molar-refractivity contribution >= 4 is 11.9 Å². The van der Waals surface area contributed by atoms with E-state index < -0.39 is 12.1 Å². The number of pyridine rings is 1. The molecule has 4 rings (SSSR count). The van der Waals surface area contributed by atoms with Gasteiger partial charge in [0, 0.05) is 32.1 Å². The molecule has 2 heterocycles. The number of ether oxygens (including phenoxy) is 2. The highest BCUT2D eigenvalue weighted by Crippen LogP contribution is 2.27. The number of benzene rings is 2. The molecule has 1 N–H and O–H groups in total. The first kappa shape index (κ1) is 25.5. The summed E-state index contributed by atoms with van der Waals surface area (Å²) in [5, 5.41) is 7.12. The van der Waals surface area contributed by atoms with Crippen molar-refractivity contribution in [3.63, 3.8) is 0 Å². The summed E-state index contributed by atoms with van der Waals surface area (Å²) < 4.78 is 43.6. The van der Waals surface area contributed by atoms with E-state index in [0.29, 0.717) is 30.2 Å². The Bertz CT molecular complexity index is 1100. The van der Waals surface area contributed by atoms with E-state index in [2.05, 4.69) is 4.98 Å². The molecule has 10 heteroatoms. The molecule has 1 aliphatic rings. The summed E-state index contributed by atoms with van der Waals surface area (Å²) in [7, 11) is 0. The fourth-order valence-corrected chi connectivity index (χ4v) is 3.30. The van der Waals surface area contributed by atoms with Crippen LogP contribution in [0.25, 0.3) is 0 Å². The lowest BCUT2D eigenvalue weighted by Gasteiger charge is -2.32. The van der Waals surface area contributed by atoms with Crippen LogP contribution in [-0.4, -0.2) is 52.2 Å². The molecule has 2 aromatic carbocycles. The summed E-state index contributed by atoms with van der Waals surface area (Å²) in [5.74, 6) is -0.702. The van der Waals surface area contributed by atoms with Crippen molar-refractivity contribution in [1.29, 1.82) is 0 Å². The van der Waals surface area contributed by atoms with Crippen LogP contribution < -0.4 is 9.47 Å². The second-order valence-corrected chi connectivity index (χ2v) is 7.51. The van der Waals surface area contributed by atoms with Gasteiger partial charge in [-0.1, -0.05) is 30.3 Å². The number of aromatic nitrogens is 1. The Kier molecular flexibility index (Phi) is 8.66. The predicted molar refractivity (Wildman–Crippen MR) is 120 cm³/mol. The fourth-order valence-electron chi connectivity index (χ4n) is 3.30. The highest BCUT2D eigenvalue weighted by molar-refractivity contribution is 5.97. The molecule has 0 aliphatic carbocycles. The molecule has 35 heavy (non-hydrogen) atoms. The van der Waals surface area contributed by atoms with Gasteiger partial charge in [0.2, 0.25) is 0 Å². The quantitative estimate of drug-likeness (QED) is 0.532. The number of halogens is 3. The number of alkyl halides is 3. The number of likely N-dealkylation sites (tertiary alicyclic amines) is 1. The van der Waals surface area contributed by atoms with E-state index >= 15 is 0 Å². The molecule has 3 aromatic rings. The maximum absolute atomic E-state index is 13.1. The number of nitrogens with zero attached hydrogens (tertiary/aromatic N) is 2. The Hall–Kier alpha value is -4.08. The van der Waals surface area contributed by atoms with E-state index in [0.717, 1.165) is 18.6 Å². The summed E-state index contributed by atoms with van der Waals surface area (Å²) in [5.41, 5.74) is 0.581. The summed E-state index contributed by atoms with van der Waals surface area (Å²) >= 11 is 0. The average molecular weight is 488 g/mol. The van der Waals surface area contributed by atoms with Gasteiger partial charge in [0.25, 0.3) is 5.91 Å². The van der Waals surface area contributed by atoms with E-state index in [4.69, 9.17) is 19.4 Å². The van der Waals surface area contributed by atoms with Crippen LogP contribution in [0.3, 0.4) is 0 Å². The monoisotopic (exact) mass is 488 g/mol. The zero-order valence-corrected chi connectivity index (χ0v) is 18.5. The van der Waals surface area contributed by atoms with Crippen molar-refractivity contribution in [2.75, 3.05) is 13.1 Å². The lowest BCUT2D eigenvalue weighted by Crippen LogP contribution is -2.41. The van der Waals surface area contributed by atoms with E-state index in [1.807, 2.05) is 71.6 Å². The van der Waals surface area contributed by atoms with Crippen molar-refractivity contribution in [3.05, 3.63) is 84.7 Å². The van der Waals surface area contributed by atoms with Crippen LogP contribution in [0.5, 0.6) is 17.2 Å². The van der Waals surface area contributed by atoms with Gasteiger partial charge in [-0.25, -0.2) is 4.79 Å². The Balaban J connectivity index is 0.000000429. The minimum Gasteiger partial charge on any atom is -0.489 e. The largest absolute Gasteiger partial charge is 0.490 e. The first-order valence-electron chi connectivity index (χ1n) is 10.7. The van der Waals surface area contributed by atoms with Gasteiger partial charge in [-0.3, -0.25) is 9.78 Å². The summed E-state index contributed by atoms with van der Waals surface area (Å²) in [6.07, 6.45) is 0.0479. The molecule has 0 saturated carbocycles. The van der Waals surface area contributed by atoms with E-state index in [-0.39, 0.29) is 12.0 Å². The van der Waals surface area contributed by atoms with Crippen LogP contribution in [0.1, 0.15) is 23.2 Å². The average Bonchev–Trinajstić information content (AvgIpc) is 2.85. The highest BCUT2D eigenvalue weighted by atomic mass is 19.4. The smallest absolute Gasteiger partial charge is 0.489 e. The van der Waals surface area contributed by atoms with Gasteiger partial charge in [0.15, 0.2) is 0 Å². The molecular formula is C25H23F3N2O5. The van der Waals surface area contributed by atoms with Gasteiger partial charge in [0.05, 0.1) is 11.8 Å². The lowest BCUT2D eigenvalue weighted by molar-refractivity contribution is -0.192. The number of hydrogen-bond acceptors (Lipinski definition) is 5. The van der Waals surface area contributed by atoms with Gasteiger partial charge >= 0.3 is 12.1 Å². The van der Waals surface area contributed by atoms with Gasteiger partial charge < -0.3 is 19.5 Å². The number of carboxylic acid groups (broad SMARTS) is 1. The second-order valence-electron chi connectivity index (χ2n) is 7.51. The number of piperidine rings is 1. The molecule has 184 valence electrons. The molecule has 0 unspecified atom stereocenters. The molecule has 1 aliphatic heterocycles. The van der Waals surface area contributed by atoms with Crippen molar-refractivity contribution in [3.8, 4) is 17.2 Å². The number of para-hydroxylation sites is 2. The number of amides is 1. The third-order valence-electron chi connectivity index (χ3n) is 5.00.